The summed E-state index contributed by atoms with van der Waals surface area (Å²) in [5.74, 6) is -0.00829. The number of sulfonamides is 1. The molecule has 0 aliphatic rings. The highest BCUT2D eigenvalue weighted by atomic mass is 32.2. The van der Waals surface area contributed by atoms with E-state index in [0.717, 1.165) is 37.2 Å². The van der Waals surface area contributed by atoms with Gasteiger partial charge >= 0.3 is 0 Å². The Morgan fingerprint density at radius 2 is 1.76 bits per heavy atom. The Morgan fingerprint density at radius 3 is 2.33 bits per heavy atom. The van der Waals surface area contributed by atoms with Crippen LogP contribution in [0.2, 0.25) is 0 Å². The van der Waals surface area contributed by atoms with Gasteiger partial charge in [0.2, 0.25) is 10.0 Å². The fourth-order valence-electron chi connectivity index (χ4n) is 2.22. The van der Waals surface area contributed by atoms with Gasteiger partial charge in [-0.1, -0.05) is 38.1 Å². The molecule has 0 fully saturated rings. The topological polar surface area (TPSA) is 75.4 Å². The smallest absolute Gasteiger partial charge is 0.215 e. The maximum absolute atomic E-state index is 12.1. The van der Waals surface area contributed by atoms with Gasteiger partial charge < -0.3 is 10.6 Å². The number of nitrogens with two attached hydrogens (primary N) is 1. The predicted molar refractivity (Wildman–Crippen MR) is 87.4 cm³/mol. The van der Waals surface area contributed by atoms with E-state index in [1.807, 2.05) is 24.3 Å². The average Bonchev–Trinajstić information content (AvgIpc) is 2.47. The molecule has 1 rings (SSSR count). The van der Waals surface area contributed by atoms with E-state index in [2.05, 4.69) is 23.5 Å². The number of nitrogens with one attached hydrogen (secondary N) is 1. The Morgan fingerprint density at radius 1 is 1.14 bits per heavy atom. The van der Waals surface area contributed by atoms with Crippen molar-refractivity contribution in [2.45, 2.75) is 32.6 Å². The zero-order valence-corrected chi connectivity index (χ0v) is 13.8. The van der Waals surface area contributed by atoms with E-state index in [4.69, 9.17) is 5.73 Å². The van der Waals surface area contributed by atoms with Crippen molar-refractivity contribution in [1.82, 2.24) is 9.62 Å². The lowest BCUT2D eigenvalue weighted by molar-refractivity contribution is 0.300. The highest BCUT2D eigenvalue weighted by molar-refractivity contribution is 7.88. The van der Waals surface area contributed by atoms with Gasteiger partial charge in [-0.25, -0.2) is 13.1 Å². The van der Waals surface area contributed by atoms with Crippen molar-refractivity contribution < 1.29 is 8.42 Å². The van der Waals surface area contributed by atoms with E-state index < -0.39 is 10.0 Å². The first-order valence-electron chi connectivity index (χ1n) is 7.49. The summed E-state index contributed by atoms with van der Waals surface area (Å²) in [5.41, 5.74) is 7.29. The summed E-state index contributed by atoms with van der Waals surface area (Å²) in [4.78, 5) is 2.28. The van der Waals surface area contributed by atoms with Crippen molar-refractivity contribution in [3.8, 4) is 0 Å². The minimum Gasteiger partial charge on any atom is -0.326 e. The molecule has 21 heavy (non-hydrogen) atoms. The summed E-state index contributed by atoms with van der Waals surface area (Å²) in [5, 5.41) is 0. The predicted octanol–water partition coefficient (Wildman–Crippen LogP) is 1.30. The lowest BCUT2D eigenvalue weighted by Crippen LogP contribution is -2.30. The average molecular weight is 313 g/mol. The third kappa shape index (κ3) is 6.56. The van der Waals surface area contributed by atoms with Gasteiger partial charge in [-0.2, -0.15) is 0 Å². The third-order valence-corrected chi connectivity index (χ3v) is 4.89. The molecule has 1 aromatic carbocycles. The second-order valence-electron chi connectivity index (χ2n) is 5.01. The third-order valence-electron chi connectivity index (χ3n) is 3.55. The van der Waals surface area contributed by atoms with Gasteiger partial charge in [-0.3, -0.25) is 0 Å². The zero-order valence-electron chi connectivity index (χ0n) is 13.0. The van der Waals surface area contributed by atoms with Crippen LogP contribution in [0.1, 0.15) is 31.4 Å². The number of hydrogen-bond donors (Lipinski definition) is 2. The van der Waals surface area contributed by atoms with E-state index in [9.17, 15) is 8.42 Å². The first-order valence-corrected chi connectivity index (χ1v) is 9.14. The van der Waals surface area contributed by atoms with Crippen LogP contribution in [0.15, 0.2) is 24.3 Å². The molecule has 0 radical (unpaired) electrons. The zero-order chi connectivity index (χ0) is 15.7. The molecule has 0 aliphatic carbocycles. The summed E-state index contributed by atoms with van der Waals surface area (Å²) in [6.07, 6.45) is 0.819. The Labute approximate surface area is 128 Å². The van der Waals surface area contributed by atoms with E-state index in [1.165, 1.54) is 0 Å². The van der Waals surface area contributed by atoms with Gasteiger partial charge in [0, 0.05) is 13.1 Å². The molecule has 0 aromatic heterocycles. The van der Waals surface area contributed by atoms with Gasteiger partial charge in [-0.05, 0) is 37.2 Å². The van der Waals surface area contributed by atoms with Crippen molar-refractivity contribution in [1.29, 1.82) is 0 Å². The molecule has 0 amide bonds. The maximum atomic E-state index is 12.1. The van der Waals surface area contributed by atoms with Gasteiger partial charge in [0.05, 0.1) is 5.75 Å². The largest absolute Gasteiger partial charge is 0.326 e. The maximum Gasteiger partial charge on any atom is 0.215 e. The highest BCUT2D eigenvalue weighted by Crippen LogP contribution is 2.11. The molecule has 0 unspecified atom stereocenters. The van der Waals surface area contributed by atoms with Gasteiger partial charge in [0.15, 0.2) is 0 Å². The molecule has 0 bridgehead atoms. The lowest BCUT2D eigenvalue weighted by atomic mass is 10.1. The normalized spacial score (nSPS) is 12.0. The van der Waals surface area contributed by atoms with Crippen LogP contribution < -0.4 is 10.5 Å². The molecule has 120 valence electrons. The van der Waals surface area contributed by atoms with Crippen molar-refractivity contribution in [2.24, 2.45) is 5.73 Å². The minimum absolute atomic E-state index is 0.00829. The number of rotatable bonds is 10. The minimum atomic E-state index is -3.30. The molecular formula is C15H27N3O2S. The number of nitrogens with zero attached hydrogens (tertiary/aromatic N) is 1. The van der Waals surface area contributed by atoms with Crippen molar-refractivity contribution >= 4 is 10.0 Å². The molecule has 0 atom stereocenters. The number of benzene rings is 1. The Bertz CT molecular complexity index is 513. The van der Waals surface area contributed by atoms with Crippen molar-refractivity contribution in [2.75, 3.05) is 26.2 Å². The van der Waals surface area contributed by atoms with E-state index in [-0.39, 0.29) is 5.75 Å². The molecule has 6 heteroatoms. The SMILES string of the molecule is CCN(CC)CCCNS(=O)(=O)Cc1ccccc1CN. The molecule has 0 spiro atoms. The van der Waals surface area contributed by atoms with Crippen LogP contribution >= 0.6 is 0 Å². The first-order chi connectivity index (χ1) is 10.0. The van der Waals surface area contributed by atoms with Gasteiger partial charge in [0.1, 0.15) is 0 Å². The van der Waals surface area contributed by atoms with Crippen LogP contribution in [0, 0.1) is 0 Å². The molecule has 1 aromatic rings. The van der Waals surface area contributed by atoms with Crippen LogP contribution in [0.5, 0.6) is 0 Å². The molecule has 3 N–H and O–H groups in total. The quantitative estimate of drug-likeness (QED) is 0.638. The van der Waals surface area contributed by atoms with Crippen LogP contribution in [-0.4, -0.2) is 39.5 Å². The van der Waals surface area contributed by atoms with Crippen LogP contribution in [0.25, 0.3) is 0 Å². The Hall–Kier alpha value is -0.950. The fourth-order valence-corrected chi connectivity index (χ4v) is 3.47. The molecule has 0 heterocycles. The summed E-state index contributed by atoms with van der Waals surface area (Å²) < 4.78 is 26.8. The van der Waals surface area contributed by atoms with Gasteiger partial charge in [-0.15, -0.1) is 0 Å². The van der Waals surface area contributed by atoms with E-state index >= 15 is 0 Å². The Balaban J connectivity index is 2.47. The second-order valence-corrected chi connectivity index (χ2v) is 6.81. The van der Waals surface area contributed by atoms with E-state index in [1.54, 1.807) is 0 Å². The fraction of sp³-hybridized carbons (Fsp3) is 0.600. The highest BCUT2D eigenvalue weighted by Gasteiger charge is 2.13. The lowest BCUT2D eigenvalue weighted by Gasteiger charge is -2.17. The van der Waals surface area contributed by atoms with Gasteiger partial charge in [0.25, 0.3) is 0 Å². The monoisotopic (exact) mass is 313 g/mol. The van der Waals surface area contributed by atoms with Crippen molar-refractivity contribution in [3.63, 3.8) is 0 Å². The number of hydrogen-bond acceptors (Lipinski definition) is 4. The summed E-state index contributed by atoms with van der Waals surface area (Å²) >= 11 is 0. The van der Waals surface area contributed by atoms with Crippen LogP contribution in [0.4, 0.5) is 0 Å². The molecule has 0 saturated carbocycles. The van der Waals surface area contributed by atoms with Crippen molar-refractivity contribution in [3.05, 3.63) is 35.4 Å². The van der Waals surface area contributed by atoms with Crippen LogP contribution in [-0.2, 0) is 22.3 Å². The molecule has 0 saturated heterocycles. The second kappa shape index (κ2) is 9.15. The first kappa shape index (κ1) is 18.1. The molecule has 0 aliphatic heterocycles. The summed E-state index contributed by atoms with van der Waals surface area (Å²) in [7, 11) is -3.30. The summed E-state index contributed by atoms with van der Waals surface area (Å²) in [6, 6.07) is 7.39. The standard InChI is InChI=1S/C15H27N3O2S/c1-3-18(4-2)11-7-10-17-21(19,20)13-15-9-6-5-8-14(15)12-16/h5-6,8-9,17H,3-4,7,10-13,16H2,1-2H3. The molecule has 5 nitrogen and oxygen atoms in total. The van der Waals surface area contributed by atoms with Crippen LogP contribution in [0.3, 0.4) is 0 Å². The Kier molecular flexibility index (Phi) is 7.88. The van der Waals surface area contributed by atoms with E-state index in [0.29, 0.717) is 13.1 Å². The molecular weight excluding hydrogens is 286 g/mol. The summed E-state index contributed by atoms with van der Waals surface area (Å²) in [6.45, 7) is 7.95.